The molecule has 0 saturated heterocycles. The Labute approximate surface area is 178 Å². The Morgan fingerprint density at radius 3 is 2.70 bits per heavy atom. The standard InChI is InChI=1S/C22H20ClN5O2/c1-26(15-17-8-2-3-10-19(17)23)21(29)24-18-9-6-7-16(13-18)14-28-22(30)27-12-5-4-11-20(27)25-28/h2-13H,14-15H2,1H3,(H,24,29). The van der Waals surface area contributed by atoms with E-state index >= 15 is 0 Å². The molecule has 7 nitrogen and oxygen atoms in total. The zero-order chi connectivity index (χ0) is 21.1. The summed E-state index contributed by atoms with van der Waals surface area (Å²) in [6, 6.07) is 19.9. The number of amides is 2. The van der Waals surface area contributed by atoms with Gasteiger partial charge in [-0.05, 0) is 41.5 Å². The Morgan fingerprint density at radius 2 is 1.90 bits per heavy atom. The van der Waals surface area contributed by atoms with E-state index in [0.29, 0.717) is 29.4 Å². The van der Waals surface area contributed by atoms with Crippen molar-refractivity contribution in [1.82, 2.24) is 19.1 Å². The van der Waals surface area contributed by atoms with E-state index in [4.69, 9.17) is 11.6 Å². The van der Waals surface area contributed by atoms with Crippen molar-refractivity contribution in [1.29, 1.82) is 0 Å². The van der Waals surface area contributed by atoms with Gasteiger partial charge in [-0.2, -0.15) is 0 Å². The molecule has 0 radical (unpaired) electrons. The topological polar surface area (TPSA) is 71.6 Å². The average Bonchev–Trinajstić information content (AvgIpc) is 3.05. The smallest absolute Gasteiger partial charge is 0.323 e. The number of carbonyl (C=O) groups excluding carboxylic acids is 1. The lowest BCUT2D eigenvalue weighted by molar-refractivity contribution is 0.220. The summed E-state index contributed by atoms with van der Waals surface area (Å²) in [5.74, 6) is 0. The van der Waals surface area contributed by atoms with Crippen LogP contribution >= 0.6 is 11.6 Å². The van der Waals surface area contributed by atoms with Crippen LogP contribution in [0.25, 0.3) is 5.65 Å². The minimum Gasteiger partial charge on any atom is -0.323 e. The zero-order valence-electron chi connectivity index (χ0n) is 16.3. The Bertz CT molecular complexity index is 1260. The van der Waals surface area contributed by atoms with Gasteiger partial charge in [0.25, 0.3) is 0 Å². The molecule has 0 unspecified atom stereocenters. The predicted octanol–water partition coefficient (Wildman–Crippen LogP) is 3.86. The van der Waals surface area contributed by atoms with Gasteiger partial charge in [0.1, 0.15) is 0 Å². The molecule has 0 atom stereocenters. The summed E-state index contributed by atoms with van der Waals surface area (Å²) in [5.41, 5.74) is 2.75. The van der Waals surface area contributed by atoms with Crippen LogP contribution in [0.3, 0.4) is 0 Å². The number of nitrogens with zero attached hydrogens (tertiary/aromatic N) is 4. The highest BCUT2D eigenvalue weighted by Crippen LogP contribution is 2.17. The summed E-state index contributed by atoms with van der Waals surface area (Å²) < 4.78 is 2.90. The second-order valence-electron chi connectivity index (χ2n) is 6.95. The summed E-state index contributed by atoms with van der Waals surface area (Å²) in [5, 5.41) is 7.84. The Morgan fingerprint density at radius 1 is 1.10 bits per heavy atom. The van der Waals surface area contributed by atoms with Crippen LogP contribution in [0.15, 0.2) is 77.7 Å². The number of aromatic nitrogens is 3. The fraction of sp³-hybridized carbons (Fsp3) is 0.136. The third-order valence-corrected chi connectivity index (χ3v) is 5.08. The summed E-state index contributed by atoms with van der Waals surface area (Å²) in [7, 11) is 1.71. The Balaban J connectivity index is 1.46. The number of fused-ring (bicyclic) bond motifs is 1. The molecule has 0 bridgehead atoms. The maximum atomic E-state index is 12.6. The summed E-state index contributed by atoms with van der Waals surface area (Å²) in [6.07, 6.45) is 1.69. The van der Waals surface area contributed by atoms with E-state index < -0.39 is 0 Å². The van der Waals surface area contributed by atoms with E-state index in [9.17, 15) is 9.59 Å². The van der Waals surface area contributed by atoms with Gasteiger partial charge in [0.2, 0.25) is 0 Å². The maximum Gasteiger partial charge on any atom is 0.350 e. The van der Waals surface area contributed by atoms with Crippen molar-refractivity contribution in [2.45, 2.75) is 13.1 Å². The van der Waals surface area contributed by atoms with Crippen molar-refractivity contribution in [2.24, 2.45) is 0 Å². The number of benzene rings is 2. The fourth-order valence-corrected chi connectivity index (χ4v) is 3.36. The molecule has 4 rings (SSSR count). The highest BCUT2D eigenvalue weighted by atomic mass is 35.5. The van der Waals surface area contributed by atoms with E-state index in [-0.39, 0.29) is 11.7 Å². The molecule has 8 heteroatoms. The van der Waals surface area contributed by atoms with Crippen molar-refractivity contribution in [2.75, 3.05) is 12.4 Å². The lowest BCUT2D eigenvalue weighted by Gasteiger charge is -2.19. The van der Waals surface area contributed by atoms with Gasteiger partial charge in [0, 0.05) is 30.5 Å². The van der Waals surface area contributed by atoms with Crippen LogP contribution in [0.5, 0.6) is 0 Å². The van der Waals surface area contributed by atoms with E-state index in [0.717, 1.165) is 11.1 Å². The molecule has 152 valence electrons. The van der Waals surface area contributed by atoms with Crippen LogP contribution in [-0.4, -0.2) is 32.2 Å². The van der Waals surface area contributed by atoms with Gasteiger partial charge in [0.15, 0.2) is 5.65 Å². The first-order chi connectivity index (χ1) is 14.5. The normalized spacial score (nSPS) is 10.9. The van der Waals surface area contributed by atoms with Crippen LogP contribution in [0, 0.1) is 0 Å². The summed E-state index contributed by atoms with van der Waals surface area (Å²) >= 11 is 6.18. The minimum atomic E-state index is -0.253. The molecule has 1 N–H and O–H groups in total. The van der Waals surface area contributed by atoms with Crippen LogP contribution in [-0.2, 0) is 13.1 Å². The molecule has 2 heterocycles. The van der Waals surface area contributed by atoms with Crippen molar-refractivity contribution >= 4 is 29.0 Å². The molecular weight excluding hydrogens is 402 g/mol. The SMILES string of the molecule is CN(Cc1ccccc1Cl)C(=O)Nc1cccc(Cn2nc3ccccn3c2=O)c1. The number of rotatable bonds is 5. The number of anilines is 1. The van der Waals surface area contributed by atoms with Gasteiger partial charge >= 0.3 is 11.7 Å². The second-order valence-corrected chi connectivity index (χ2v) is 7.35. The van der Waals surface area contributed by atoms with Gasteiger partial charge in [-0.1, -0.05) is 48.0 Å². The Kier molecular flexibility index (Phi) is 5.54. The number of halogens is 1. The first-order valence-electron chi connectivity index (χ1n) is 9.40. The van der Waals surface area contributed by atoms with Crippen LogP contribution in [0.2, 0.25) is 5.02 Å². The van der Waals surface area contributed by atoms with E-state index in [1.807, 2.05) is 42.5 Å². The lowest BCUT2D eigenvalue weighted by Crippen LogP contribution is -2.31. The first-order valence-corrected chi connectivity index (χ1v) is 9.78. The molecule has 0 aliphatic carbocycles. The van der Waals surface area contributed by atoms with Crippen molar-refractivity contribution in [3.8, 4) is 0 Å². The predicted molar refractivity (Wildman–Crippen MR) is 117 cm³/mol. The molecule has 0 aliphatic heterocycles. The molecule has 2 aromatic heterocycles. The molecule has 2 amide bonds. The third kappa shape index (κ3) is 4.21. The molecule has 4 aromatic rings. The summed E-state index contributed by atoms with van der Waals surface area (Å²) in [6.45, 7) is 0.696. The molecule has 0 aliphatic rings. The molecule has 30 heavy (non-hydrogen) atoms. The number of carbonyl (C=O) groups is 1. The van der Waals surface area contributed by atoms with Crippen LogP contribution in [0.1, 0.15) is 11.1 Å². The number of pyridine rings is 1. The highest BCUT2D eigenvalue weighted by molar-refractivity contribution is 6.31. The summed E-state index contributed by atoms with van der Waals surface area (Å²) in [4.78, 5) is 26.6. The number of urea groups is 1. The van der Waals surface area contributed by atoms with Gasteiger partial charge in [-0.15, -0.1) is 5.10 Å². The van der Waals surface area contributed by atoms with E-state index in [1.54, 1.807) is 42.4 Å². The number of hydrogen-bond donors (Lipinski definition) is 1. The van der Waals surface area contributed by atoms with Gasteiger partial charge in [0.05, 0.1) is 6.54 Å². The zero-order valence-corrected chi connectivity index (χ0v) is 17.1. The monoisotopic (exact) mass is 421 g/mol. The van der Waals surface area contributed by atoms with Crippen molar-refractivity contribution < 1.29 is 4.79 Å². The Hall–Kier alpha value is -3.58. The molecular formula is C22H20ClN5O2. The number of nitrogens with one attached hydrogen (secondary N) is 1. The van der Waals surface area contributed by atoms with E-state index in [2.05, 4.69) is 10.4 Å². The largest absolute Gasteiger partial charge is 0.350 e. The van der Waals surface area contributed by atoms with Crippen LogP contribution in [0.4, 0.5) is 10.5 Å². The average molecular weight is 422 g/mol. The van der Waals surface area contributed by atoms with Gasteiger partial charge in [-0.25, -0.2) is 14.3 Å². The van der Waals surface area contributed by atoms with Gasteiger partial charge < -0.3 is 10.2 Å². The first kappa shape index (κ1) is 19.7. The van der Waals surface area contributed by atoms with Crippen molar-refractivity contribution in [3.05, 3.63) is 99.6 Å². The second kappa shape index (κ2) is 8.42. The fourth-order valence-electron chi connectivity index (χ4n) is 3.16. The maximum absolute atomic E-state index is 12.6. The lowest BCUT2D eigenvalue weighted by atomic mass is 10.2. The molecule has 0 spiro atoms. The minimum absolute atomic E-state index is 0.209. The number of hydrogen-bond acceptors (Lipinski definition) is 3. The quantitative estimate of drug-likeness (QED) is 0.531. The van der Waals surface area contributed by atoms with Gasteiger partial charge in [-0.3, -0.25) is 4.40 Å². The molecule has 2 aromatic carbocycles. The molecule has 0 saturated carbocycles. The molecule has 0 fully saturated rings. The van der Waals surface area contributed by atoms with Crippen LogP contribution < -0.4 is 11.0 Å². The van der Waals surface area contributed by atoms with E-state index in [1.165, 1.54) is 9.08 Å². The third-order valence-electron chi connectivity index (χ3n) is 4.71. The highest BCUT2D eigenvalue weighted by Gasteiger charge is 2.12. The van der Waals surface area contributed by atoms with Crippen molar-refractivity contribution in [3.63, 3.8) is 0 Å².